The quantitative estimate of drug-likeness (QED) is 0.801. The average Bonchev–Trinajstić information content (AvgIpc) is 3.06. The molecule has 0 aromatic carbocycles. The van der Waals surface area contributed by atoms with Crippen molar-refractivity contribution in [2.75, 3.05) is 25.4 Å². The van der Waals surface area contributed by atoms with Crippen molar-refractivity contribution >= 4 is 15.8 Å². The highest BCUT2D eigenvalue weighted by atomic mass is 32.2. The van der Waals surface area contributed by atoms with Crippen LogP contribution in [0.5, 0.6) is 0 Å². The van der Waals surface area contributed by atoms with Gasteiger partial charge < -0.3 is 5.32 Å². The Morgan fingerprint density at radius 2 is 2.04 bits per heavy atom. The number of ketones is 1. The lowest BCUT2D eigenvalue weighted by Gasteiger charge is -2.43. The number of nitrogens with one attached hydrogen (secondary N) is 1. The Hall–Kier alpha value is -1.54. The molecule has 0 radical (unpaired) electrons. The lowest BCUT2D eigenvalue weighted by Crippen LogP contribution is -2.46. The van der Waals surface area contributed by atoms with E-state index in [4.69, 9.17) is 0 Å². The molecule has 5 rings (SSSR count). The SMILES string of the molecule is CC1(C)CC(=O)C2=C(C1)NC1=C(CN=N1)[C@]21CCN(S(=O)(=O)CC2CC2)C1. The number of carbonyl (C=O) groups is 1. The summed E-state index contributed by atoms with van der Waals surface area (Å²) in [4.78, 5) is 13.2. The van der Waals surface area contributed by atoms with Gasteiger partial charge in [0.15, 0.2) is 11.6 Å². The molecular weight excluding hydrogens is 364 g/mol. The molecule has 0 bridgehead atoms. The number of nitrogens with zero attached hydrogens (tertiary/aromatic N) is 3. The van der Waals surface area contributed by atoms with Crippen LogP contribution in [0.2, 0.25) is 0 Å². The maximum Gasteiger partial charge on any atom is 0.214 e. The smallest absolute Gasteiger partial charge is 0.214 e. The Morgan fingerprint density at radius 3 is 2.78 bits per heavy atom. The van der Waals surface area contributed by atoms with Gasteiger partial charge in [-0.3, -0.25) is 4.79 Å². The highest BCUT2D eigenvalue weighted by Crippen LogP contribution is 2.54. The molecule has 5 aliphatic rings. The summed E-state index contributed by atoms with van der Waals surface area (Å²) in [6, 6.07) is 0. The molecule has 0 aromatic rings. The molecule has 7 nitrogen and oxygen atoms in total. The van der Waals surface area contributed by atoms with Crippen LogP contribution in [0.1, 0.15) is 46.0 Å². The van der Waals surface area contributed by atoms with E-state index in [1.807, 2.05) is 0 Å². The molecule has 27 heavy (non-hydrogen) atoms. The standard InChI is InChI=1S/C19H26N4O3S/c1-18(2)7-14-16(15(24)8-18)19(13-9-20-22-17(13)21-14)5-6-23(11-19)27(25,26)10-12-3-4-12/h12,21H,3-11H2,1-2H3/t19-/m1/s1. The fourth-order valence-corrected chi connectivity index (χ4v) is 7.14. The third-order valence-corrected chi connectivity index (χ3v) is 8.65. The second-order valence-electron chi connectivity index (χ2n) is 9.53. The number of fused-ring (bicyclic) bond motifs is 2. The molecule has 0 aromatic heterocycles. The number of carbonyl (C=O) groups excluding carboxylic acids is 1. The van der Waals surface area contributed by atoms with Crippen LogP contribution in [0.25, 0.3) is 0 Å². The zero-order valence-electron chi connectivity index (χ0n) is 15.9. The summed E-state index contributed by atoms with van der Waals surface area (Å²) >= 11 is 0. The van der Waals surface area contributed by atoms with Gasteiger partial charge >= 0.3 is 0 Å². The van der Waals surface area contributed by atoms with Gasteiger partial charge in [-0.15, -0.1) is 5.11 Å². The molecule has 8 heteroatoms. The van der Waals surface area contributed by atoms with Crippen molar-refractivity contribution in [3.8, 4) is 0 Å². The van der Waals surface area contributed by atoms with Crippen LogP contribution in [-0.2, 0) is 14.8 Å². The second kappa shape index (κ2) is 5.50. The number of Topliss-reactive ketones (excluding diaryl/α,β-unsaturated/α-hetero) is 1. The minimum Gasteiger partial charge on any atom is -0.342 e. The summed E-state index contributed by atoms with van der Waals surface area (Å²) in [6.07, 6.45) is 3.95. The third-order valence-electron chi connectivity index (χ3n) is 6.66. The Balaban J connectivity index is 1.55. The Morgan fingerprint density at radius 1 is 1.26 bits per heavy atom. The number of rotatable bonds is 3. The molecule has 146 valence electrons. The monoisotopic (exact) mass is 390 g/mol. The number of hydrogen-bond acceptors (Lipinski definition) is 6. The highest BCUT2D eigenvalue weighted by Gasteiger charge is 2.55. The van der Waals surface area contributed by atoms with Gasteiger partial charge in [-0.2, -0.15) is 5.11 Å². The lowest BCUT2D eigenvalue weighted by molar-refractivity contribution is -0.119. The van der Waals surface area contributed by atoms with Crippen molar-refractivity contribution in [1.82, 2.24) is 9.62 Å². The van der Waals surface area contributed by atoms with Gasteiger partial charge in [-0.05, 0) is 37.0 Å². The fraction of sp³-hybridized carbons (Fsp3) is 0.737. The number of azo groups is 1. The van der Waals surface area contributed by atoms with Crippen molar-refractivity contribution in [3.63, 3.8) is 0 Å². The van der Waals surface area contributed by atoms with Gasteiger partial charge in [-0.25, -0.2) is 12.7 Å². The molecule has 1 N–H and O–H groups in total. The van der Waals surface area contributed by atoms with Crippen molar-refractivity contribution < 1.29 is 13.2 Å². The summed E-state index contributed by atoms with van der Waals surface area (Å²) in [5, 5.41) is 11.8. The van der Waals surface area contributed by atoms with E-state index >= 15 is 0 Å². The average molecular weight is 391 g/mol. The minimum atomic E-state index is -3.28. The van der Waals surface area contributed by atoms with E-state index in [0.717, 1.165) is 41.9 Å². The first-order chi connectivity index (χ1) is 12.7. The lowest BCUT2D eigenvalue weighted by atomic mass is 9.63. The number of dihydropyridines is 1. The molecule has 2 aliphatic carbocycles. The zero-order valence-corrected chi connectivity index (χ0v) is 16.7. The maximum absolute atomic E-state index is 13.2. The Kier molecular flexibility index (Phi) is 3.58. The van der Waals surface area contributed by atoms with E-state index in [1.165, 1.54) is 0 Å². The molecule has 2 fully saturated rings. The first-order valence-corrected chi connectivity index (χ1v) is 11.4. The fourth-order valence-electron chi connectivity index (χ4n) is 5.22. The summed E-state index contributed by atoms with van der Waals surface area (Å²) in [6.45, 7) is 5.48. The van der Waals surface area contributed by atoms with Gasteiger partial charge in [0.25, 0.3) is 0 Å². The number of allylic oxidation sites excluding steroid dienone is 1. The topological polar surface area (TPSA) is 91.2 Å². The molecule has 1 saturated carbocycles. The van der Waals surface area contributed by atoms with E-state index in [0.29, 0.717) is 38.4 Å². The molecule has 0 unspecified atom stereocenters. The second-order valence-corrected chi connectivity index (χ2v) is 11.5. The van der Waals surface area contributed by atoms with Gasteiger partial charge in [-0.1, -0.05) is 13.8 Å². The van der Waals surface area contributed by atoms with E-state index in [-0.39, 0.29) is 17.0 Å². The van der Waals surface area contributed by atoms with Gasteiger partial charge in [0, 0.05) is 41.8 Å². The van der Waals surface area contributed by atoms with Crippen molar-refractivity contribution in [1.29, 1.82) is 0 Å². The maximum atomic E-state index is 13.2. The normalized spacial score (nSPS) is 32.9. The molecule has 0 amide bonds. The van der Waals surface area contributed by atoms with Crippen LogP contribution in [0.15, 0.2) is 32.9 Å². The van der Waals surface area contributed by atoms with E-state index in [9.17, 15) is 13.2 Å². The van der Waals surface area contributed by atoms with Crippen LogP contribution in [0, 0.1) is 16.7 Å². The molecule has 1 atom stereocenters. The zero-order chi connectivity index (χ0) is 19.0. The van der Waals surface area contributed by atoms with Gasteiger partial charge in [0.1, 0.15) is 0 Å². The van der Waals surface area contributed by atoms with E-state index in [1.54, 1.807) is 4.31 Å². The number of hydrogen-bond donors (Lipinski definition) is 1. The Bertz CT molecular complexity index is 927. The van der Waals surface area contributed by atoms with Crippen LogP contribution >= 0.6 is 0 Å². The predicted molar refractivity (Wildman–Crippen MR) is 100 cm³/mol. The van der Waals surface area contributed by atoms with Crippen molar-refractivity contribution in [3.05, 3.63) is 22.7 Å². The number of sulfonamides is 1. The summed E-state index contributed by atoms with van der Waals surface area (Å²) in [5.41, 5.74) is 2.07. The molecule has 1 spiro atoms. The van der Waals surface area contributed by atoms with Crippen LogP contribution < -0.4 is 5.32 Å². The summed E-state index contributed by atoms with van der Waals surface area (Å²) in [7, 11) is -3.28. The summed E-state index contributed by atoms with van der Waals surface area (Å²) < 4.78 is 27.4. The minimum absolute atomic E-state index is 0.103. The first-order valence-electron chi connectivity index (χ1n) is 9.83. The van der Waals surface area contributed by atoms with Gasteiger partial charge in [0.05, 0.1) is 12.3 Å². The van der Waals surface area contributed by atoms with Crippen LogP contribution in [0.3, 0.4) is 0 Å². The van der Waals surface area contributed by atoms with E-state index < -0.39 is 15.4 Å². The highest BCUT2D eigenvalue weighted by molar-refractivity contribution is 7.89. The Labute approximate surface area is 160 Å². The molecule has 3 heterocycles. The van der Waals surface area contributed by atoms with Crippen molar-refractivity contribution in [2.24, 2.45) is 27.0 Å². The summed E-state index contributed by atoms with van der Waals surface area (Å²) in [5.74, 6) is 1.45. The molecular formula is C19H26N4O3S. The molecule has 3 aliphatic heterocycles. The van der Waals surface area contributed by atoms with Gasteiger partial charge in [0.2, 0.25) is 10.0 Å². The largest absolute Gasteiger partial charge is 0.342 e. The van der Waals surface area contributed by atoms with Crippen LogP contribution in [-0.4, -0.2) is 43.9 Å². The van der Waals surface area contributed by atoms with E-state index in [2.05, 4.69) is 29.4 Å². The molecule has 1 saturated heterocycles. The predicted octanol–water partition coefficient (Wildman–Crippen LogP) is 2.34. The van der Waals surface area contributed by atoms with Crippen LogP contribution in [0.4, 0.5) is 0 Å². The first kappa shape index (κ1) is 17.6. The van der Waals surface area contributed by atoms with Crippen molar-refractivity contribution in [2.45, 2.75) is 46.0 Å². The third kappa shape index (κ3) is 2.71.